The van der Waals surface area contributed by atoms with Crippen LogP contribution in [0.4, 0.5) is 4.79 Å². The molecule has 0 aromatic heterocycles. The molecule has 0 saturated heterocycles. The van der Waals surface area contributed by atoms with Crippen molar-refractivity contribution in [3.05, 3.63) is 83.5 Å². The number of benzene rings is 2. The van der Waals surface area contributed by atoms with Gasteiger partial charge in [0.25, 0.3) is 0 Å². The van der Waals surface area contributed by atoms with Gasteiger partial charge in [0.1, 0.15) is 18.2 Å². The molecule has 1 saturated carbocycles. The SMILES string of the molecule is C=C(C=C1CCC1)C[C@H](NC(=O)OCC1c2ccccc2-c2ccccc21)C(=O)OC(C)(C)C. The highest BCUT2D eigenvalue weighted by Crippen LogP contribution is 2.44. The van der Waals surface area contributed by atoms with Gasteiger partial charge < -0.3 is 14.8 Å². The summed E-state index contributed by atoms with van der Waals surface area (Å²) in [6, 6.07) is 15.5. The fraction of sp³-hybridized carbons (Fsp3) is 0.379. The molecule has 1 N–H and O–H groups in total. The lowest BCUT2D eigenvalue weighted by Crippen LogP contribution is -2.44. The maximum Gasteiger partial charge on any atom is 0.407 e. The lowest BCUT2D eigenvalue weighted by atomic mass is 9.90. The first-order valence-electron chi connectivity index (χ1n) is 11.9. The van der Waals surface area contributed by atoms with Crippen molar-refractivity contribution in [3.63, 3.8) is 0 Å². The van der Waals surface area contributed by atoms with E-state index < -0.39 is 23.7 Å². The van der Waals surface area contributed by atoms with Crippen LogP contribution in [-0.2, 0) is 14.3 Å². The van der Waals surface area contributed by atoms with Crippen LogP contribution in [-0.4, -0.2) is 30.3 Å². The van der Waals surface area contributed by atoms with E-state index in [1.54, 1.807) is 20.8 Å². The number of rotatable bonds is 7. The summed E-state index contributed by atoms with van der Waals surface area (Å²) in [5.74, 6) is -0.536. The van der Waals surface area contributed by atoms with Crippen molar-refractivity contribution in [2.75, 3.05) is 6.61 Å². The Bertz CT molecular complexity index is 1070. The molecule has 1 atom stereocenters. The summed E-state index contributed by atoms with van der Waals surface area (Å²) < 4.78 is 11.2. The molecule has 2 aromatic rings. The third-order valence-corrected chi connectivity index (χ3v) is 6.20. The number of carbonyl (C=O) groups is 2. The molecule has 0 spiro atoms. The van der Waals surface area contributed by atoms with E-state index in [9.17, 15) is 9.59 Å². The van der Waals surface area contributed by atoms with E-state index in [2.05, 4.69) is 36.2 Å². The number of carbonyl (C=O) groups excluding carboxylic acids is 2. The van der Waals surface area contributed by atoms with Gasteiger partial charge in [0.15, 0.2) is 0 Å². The van der Waals surface area contributed by atoms with Gasteiger partial charge in [-0.05, 0) is 62.3 Å². The van der Waals surface area contributed by atoms with Crippen molar-refractivity contribution in [1.29, 1.82) is 0 Å². The average Bonchev–Trinajstić information content (AvgIpc) is 3.07. The zero-order valence-electron chi connectivity index (χ0n) is 20.2. The van der Waals surface area contributed by atoms with E-state index >= 15 is 0 Å². The Kier molecular flexibility index (Phi) is 6.92. The molecule has 1 amide bonds. The van der Waals surface area contributed by atoms with Gasteiger partial charge >= 0.3 is 12.1 Å². The quantitative estimate of drug-likeness (QED) is 0.494. The molecule has 2 aliphatic carbocycles. The van der Waals surface area contributed by atoms with E-state index in [-0.39, 0.29) is 18.9 Å². The van der Waals surface area contributed by atoms with E-state index in [4.69, 9.17) is 9.47 Å². The van der Waals surface area contributed by atoms with Crippen LogP contribution in [0.1, 0.15) is 63.5 Å². The van der Waals surface area contributed by atoms with Gasteiger partial charge in [0.05, 0.1) is 0 Å². The number of nitrogens with one attached hydrogen (secondary N) is 1. The second kappa shape index (κ2) is 9.88. The third-order valence-electron chi connectivity index (χ3n) is 6.20. The lowest BCUT2D eigenvalue weighted by molar-refractivity contribution is -0.157. The first-order valence-corrected chi connectivity index (χ1v) is 11.9. The minimum atomic E-state index is -0.862. The minimum absolute atomic E-state index is 0.0450. The second-order valence-corrected chi connectivity index (χ2v) is 10.1. The van der Waals surface area contributed by atoms with Crippen molar-refractivity contribution in [2.24, 2.45) is 0 Å². The molecule has 5 nitrogen and oxygen atoms in total. The van der Waals surface area contributed by atoms with Crippen LogP contribution in [0.5, 0.6) is 0 Å². The van der Waals surface area contributed by atoms with Crippen LogP contribution in [0, 0.1) is 0 Å². The molecule has 0 heterocycles. The maximum absolute atomic E-state index is 12.8. The van der Waals surface area contributed by atoms with E-state index in [0.717, 1.165) is 29.5 Å². The molecular weight excluding hydrogens is 426 g/mol. The van der Waals surface area contributed by atoms with Crippen molar-refractivity contribution in [1.82, 2.24) is 5.32 Å². The number of hydrogen-bond donors (Lipinski definition) is 1. The van der Waals surface area contributed by atoms with Gasteiger partial charge in [0, 0.05) is 12.3 Å². The van der Waals surface area contributed by atoms with Crippen molar-refractivity contribution in [2.45, 2.75) is 64.0 Å². The summed E-state index contributed by atoms with van der Waals surface area (Å²) in [6.45, 7) is 9.69. The van der Waals surface area contributed by atoms with Gasteiger partial charge in [-0.3, -0.25) is 0 Å². The van der Waals surface area contributed by atoms with E-state index in [1.165, 1.54) is 23.1 Å². The number of esters is 1. The van der Waals surface area contributed by atoms with Crippen LogP contribution in [0.2, 0.25) is 0 Å². The van der Waals surface area contributed by atoms with Gasteiger partial charge in [-0.25, -0.2) is 9.59 Å². The van der Waals surface area contributed by atoms with Crippen molar-refractivity contribution in [3.8, 4) is 11.1 Å². The Morgan fingerprint density at radius 1 is 1.06 bits per heavy atom. The highest BCUT2D eigenvalue weighted by Gasteiger charge is 2.31. The lowest BCUT2D eigenvalue weighted by Gasteiger charge is -2.25. The fourth-order valence-corrected chi connectivity index (χ4v) is 4.48. The van der Waals surface area contributed by atoms with E-state index in [1.807, 2.05) is 30.3 Å². The van der Waals surface area contributed by atoms with Gasteiger partial charge in [0.2, 0.25) is 0 Å². The smallest absolute Gasteiger partial charge is 0.407 e. The summed E-state index contributed by atoms with van der Waals surface area (Å²) in [7, 11) is 0. The summed E-state index contributed by atoms with van der Waals surface area (Å²) >= 11 is 0. The van der Waals surface area contributed by atoms with Gasteiger partial charge in [-0.2, -0.15) is 0 Å². The van der Waals surface area contributed by atoms with Crippen molar-refractivity contribution < 1.29 is 19.1 Å². The Morgan fingerprint density at radius 2 is 1.65 bits per heavy atom. The molecule has 1 fully saturated rings. The van der Waals surface area contributed by atoms with Crippen LogP contribution in [0.15, 0.2) is 72.3 Å². The molecule has 0 unspecified atom stereocenters. The van der Waals surface area contributed by atoms with Crippen LogP contribution >= 0.6 is 0 Å². The fourth-order valence-electron chi connectivity index (χ4n) is 4.48. The molecule has 34 heavy (non-hydrogen) atoms. The molecule has 0 aliphatic heterocycles. The molecular formula is C29H33NO4. The van der Waals surface area contributed by atoms with Crippen molar-refractivity contribution >= 4 is 12.1 Å². The standard InChI is InChI=1S/C29H33NO4/c1-19(16-20-10-9-11-20)17-26(27(31)34-29(2,3)4)30-28(32)33-18-25-23-14-7-5-12-21(23)22-13-6-8-15-24(22)25/h5-8,12-16,25-26H,1,9-11,17-18H2,2-4H3,(H,30,32)/t26-/m0/s1. The van der Waals surface area contributed by atoms with Gasteiger partial charge in [-0.1, -0.05) is 72.3 Å². The second-order valence-electron chi connectivity index (χ2n) is 10.1. The normalized spacial score (nSPS) is 15.4. The largest absolute Gasteiger partial charge is 0.458 e. The Balaban J connectivity index is 1.43. The number of hydrogen-bond acceptors (Lipinski definition) is 4. The number of amides is 1. The van der Waals surface area contributed by atoms with Crippen LogP contribution in [0.3, 0.4) is 0 Å². The Labute approximate surface area is 201 Å². The third kappa shape index (κ3) is 5.58. The highest BCUT2D eigenvalue weighted by atomic mass is 16.6. The molecule has 5 heteroatoms. The molecule has 0 bridgehead atoms. The summed E-state index contributed by atoms with van der Waals surface area (Å²) in [6.07, 6.45) is 4.99. The zero-order valence-corrected chi connectivity index (χ0v) is 20.2. The molecule has 4 rings (SSSR count). The van der Waals surface area contributed by atoms with Crippen LogP contribution in [0.25, 0.3) is 11.1 Å². The van der Waals surface area contributed by atoms with E-state index in [0.29, 0.717) is 0 Å². The number of fused-ring (bicyclic) bond motifs is 3. The number of alkyl carbamates (subject to hydrolysis) is 1. The number of allylic oxidation sites excluding steroid dienone is 2. The predicted molar refractivity (Wildman–Crippen MR) is 134 cm³/mol. The minimum Gasteiger partial charge on any atom is -0.458 e. The Hall–Kier alpha value is -3.34. The highest BCUT2D eigenvalue weighted by molar-refractivity contribution is 5.82. The zero-order chi connectivity index (χ0) is 24.3. The average molecular weight is 460 g/mol. The molecule has 178 valence electrons. The number of ether oxygens (including phenoxy) is 2. The molecule has 2 aliphatic rings. The summed E-state index contributed by atoms with van der Waals surface area (Å²) in [5.41, 5.74) is 6.07. The Morgan fingerprint density at radius 3 is 2.18 bits per heavy atom. The summed E-state index contributed by atoms with van der Waals surface area (Å²) in [5, 5.41) is 2.73. The summed E-state index contributed by atoms with van der Waals surface area (Å²) in [4.78, 5) is 25.6. The first kappa shape index (κ1) is 23.8. The first-order chi connectivity index (χ1) is 16.2. The molecule has 2 aromatic carbocycles. The molecule has 0 radical (unpaired) electrons. The maximum atomic E-state index is 12.8. The predicted octanol–water partition coefficient (Wildman–Crippen LogP) is 6.29. The monoisotopic (exact) mass is 459 g/mol. The van der Waals surface area contributed by atoms with Crippen LogP contribution < -0.4 is 5.32 Å². The van der Waals surface area contributed by atoms with Gasteiger partial charge in [-0.15, -0.1) is 0 Å². The topological polar surface area (TPSA) is 64.6 Å².